The van der Waals surface area contributed by atoms with Crippen molar-refractivity contribution in [1.82, 2.24) is 10.6 Å². The summed E-state index contributed by atoms with van der Waals surface area (Å²) >= 11 is 0. The number of alkyl halides is 3. The number of carbonyl (C=O) groups is 3. The third-order valence-electron chi connectivity index (χ3n) is 4.26. The summed E-state index contributed by atoms with van der Waals surface area (Å²) in [7, 11) is 0. The van der Waals surface area contributed by atoms with Crippen molar-refractivity contribution in [3.63, 3.8) is 0 Å². The zero-order chi connectivity index (χ0) is 20.0. The number of urea groups is 1. The molecular formula is C18H21F3N2O4. The van der Waals surface area contributed by atoms with Crippen molar-refractivity contribution < 1.29 is 32.3 Å². The lowest BCUT2D eigenvalue weighted by Gasteiger charge is -2.23. The first-order chi connectivity index (χ1) is 12.7. The van der Waals surface area contributed by atoms with Crippen molar-refractivity contribution in [3.05, 3.63) is 35.4 Å². The van der Waals surface area contributed by atoms with Crippen molar-refractivity contribution in [1.29, 1.82) is 0 Å². The molecule has 0 saturated heterocycles. The summed E-state index contributed by atoms with van der Waals surface area (Å²) in [5.41, 5.74) is -1.34. The lowest BCUT2D eigenvalue weighted by molar-refractivity contribution is -0.137. The minimum atomic E-state index is -4.60. The van der Waals surface area contributed by atoms with Gasteiger partial charge in [0, 0.05) is 6.04 Å². The molecule has 1 aromatic carbocycles. The van der Waals surface area contributed by atoms with Crippen molar-refractivity contribution in [2.45, 2.75) is 57.3 Å². The van der Waals surface area contributed by atoms with Gasteiger partial charge >= 0.3 is 18.2 Å². The number of amides is 3. The maximum atomic E-state index is 12.7. The smallest absolute Gasteiger partial charge is 0.416 e. The van der Waals surface area contributed by atoms with E-state index in [2.05, 4.69) is 10.6 Å². The molecule has 9 heteroatoms. The average molecular weight is 386 g/mol. The van der Waals surface area contributed by atoms with E-state index < -0.39 is 35.8 Å². The number of carbonyl (C=O) groups excluding carboxylic acids is 3. The largest absolute Gasteiger partial charge is 0.449 e. The highest BCUT2D eigenvalue weighted by Crippen LogP contribution is 2.29. The Morgan fingerprint density at radius 3 is 2.44 bits per heavy atom. The molecule has 1 unspecified atom stereocenters. The second-order valence-electron chi connectivity index (χ2n) is 6.42. The fourth-order valence-electron chi connectivity index (χ4n) is 2.79. The van der Waals surface area contributed by atoms with Gasteiger partial charge in [0.15, 0.2) is 6.10 Å². The van der Waals surface area contributed by atoms with Crippen LogP contribution < -0.4 is 10.6 Å². The minimum Gasteiger partial charge on any atom is -0.449 e. The summed E-state index contributed by atoms with van der Waals surface area (Å²) < 4.78 is 43.0. The number of nitrogens with one attached hydrogen (secondary N) is 2. The summed E-state index contributed by atoms with van der Waals surface area (Å²) in [5.74, 6) is -1.94. The molecule has 0 heterocycles. The molecule has 0 spiro atoms. The number of benzene rings is 1. The first-order valence-corrected chi connectivity index (χ1v) is 8.66. The molecule has 1 aromatic rings. The van der Waals surface area contributed by atoms with Crippen LogP contribution in [-0.2, 0) is 15.7 Å². The topological polar surface area (TPSA) is 84.5 Å². The van der Waals surface area contributed by atoms with Gasteiger partial charge < -0.3 is 10.1 Å². The molecule has 2 N–H and O–H groups in total. The molecule has 0 aromatic heterocycles. The molecule has 2 rings (SSSR count). The molecule has 0 radical (unpaired) electrons. The quantitative estimate of drug-likeness (QED) is 0.777. The van der Waals surface area contributed by atoms with Gasteiger partial charge in [-0.05, 0) is 38.0 Å². The van der Waals surface area contributed by atoms with Crippen LogP contribution in [0.1, 0.15) is 54.9 Å². The molecule has 1 fully saturated rings. The molecule has 148 valence electrons. The Kier molecular flexibility index (Phi) is 6.81. The van der Waals surface area contributed by atoms with Crippen LogP contribution in [0.25, 0.3) is 0 Å². The number of imide groups is 1. The normalized spacial score (nSPS) is 16.3. The van der Waals surface area contributed by atoms with Gasteiger partial charge in [-0.3, -0.25) is 10.1 Å². The molecule has 1 atom stereocenters. The van der Waals surface area contributed by atoms with Crippen molar-refractivity contribution >= 4 is 17.9 Å². The maximum Gasteiger partial charge on any atom is 0.416 e. The standard InChI is InChI=1S/C18H21F3N2O4/c1-11(15(24)23-17(26)22-14-8-3-2-4-9-14)27-16(25)12-6-5-7-13(10-12)18(19,20)21/h5-7,10-11,14H,2-4,8-9H2,1H3,(H2,22,23,24,26). The highest BCUT2D eigenvalue weighted by atomic mass is 19.4. The van der Waals surface area contributed by atoms with Crippen molar-refractivity contribution in [2.24, 2.45) is 0 Å². The van der Waals surface area contributed by atoms with E-state index >= 15 is 0 Å². The fourth-order valence-corrected chi connectivity index (χ4v) is 2.79. The number of hydrogen-bond acceptors (Lipinski definition) is 4. The first kappa shape index (κ1) is 20.7. The molecule has 0 bridgehead atoms. The first-order valence-electron chi connectivity index (χ1n) is 8.66. The lowest BCUT2D eigenvalue weighted by Crippen LogP contribution is -2.48. The molecule has 1 aliphatic carbocycles. The van der Waals surface area contributed by atoms with E-state index in [0.717, 1.165) is 50.3 Å². The van der Waals surface area contributed by atoms with Gasteiger partial charge in [-0.2, -0.15) is 13.2 Å². The summed E-state index contributed by atoms with van der Waals surface area (Å²) in [4.78, 5) is 35.8. The van der Waals surface area contributed by atoms with Crippen LogP contribution in [0.15, 0.2) is 24.3 Å². The van der Waals surface area contributed by atoms with E-state index in [1.54, 1.807) is 0 Å². The number of rotatable bonds is 4. The van der Waals surface area contributed by atoms with Crippen LogP contribution in [0, 0.1) is 0 Å². The third kappa shape index (κ3) is 6.26. The number of ether oxygens (including phenoxy) is 1. The van der Waals surface area contributed by atoms with Gasteiger partial charge in [-0.15, -0.1) is 0 Å². The average Bonchev–Trinajstić information content (AvgIpc) is 2.61. The second-order valence-corrected chi connectivity index (χ2v) is 6.42. The van der Waals surface area contributed by atoms with Gasteiger partial charge in [-0.25, -0.2) is 9.59 Å². The lowest BCUT2D eigenvalue weighted by atomic mass is 9.96. The van der Waals surface area contributed by atoms with Crippen LogP contribution in [0.2, 0.25) is 0 Å². The van der Waals surface area contributed by atoms with Crippen LogP contribution in [0.4, 0.5) is 18.0 Å². The zero-order valence-corrected chi connectivity index (χ0v) is 14.8. The zero-order valence-electron chi connectivity index (χ0n) is 14.8. The Balaban J connectivity index is 1.88. The summed E-state index contributed by atoms with van der Waals surface area (Å²) in [6, 6.07) is 2.99. The highest BCUT2D eigenvalue weighted by molar-refractivity contribution is 5.98. The van der Waals surface area contributed by atoms with Crippen LogP contribution >= 0.6 is 0 Å². The minimum absolute atomic E-state index is 0.00508. The van der Waals surface area contributed by atoms with Crippen LogP contribution in [0.3, 0.4) is 0 Å². The van der Waals surface area contributed by atoms with Gasteiger partial charge in [0.2, 0.25) is 0 Å². The van der Waals surface area contributed by atoms with E-state index in [4.69, 9.17) is 4.74 Å². The molecule has 1 aliphatic rings. The molecule has 3 amide bonds. The van der Waals surface area contributed by atoms with E-state index in [9.17, 15) is 27.6 Å². The monoisotopic (exact) mass is 386 g/mol. The number of hydrogen-bond donors (Lipinski definition) is 2. The van der Waals surface area contributed by atoms with Gasteiger partial charge in [0.1, 0.15) is 0 Å². The number of halogens is 3. The van der Waals surface area contributed by atoms with Gasteiger partial charge in [0.05, 0.1) is 11.1 Å². The summed E-state index contributed by atoms with van der Waals surface area (Å²) in [6.07, 6.45) is -1.15. The Hall–Kier alpha value is -2.58. The van der Waals surface area contributed by atoms with E-state index in [-0.39, 0.29) is 11.6 Å². The summed E-state index contributed by atoms with van der Waals surface area (Å²) in [6.45, 7) is 1.23. The third-order valence-corrected chi connectivity index (χ3v) is 4.26. The van der Waals surface area contributed by atoms with Crippen LogP contribution in [0.5, 0.6) is 0 Å². The van der Waals surface area contributed by atoms with E-state index in [1.165, 1.54) is 6.92 Å². The maximum absolute atomic E-state index is 12.7. The highest BCUT2D eigenvalue weighted by Gasteiger charge is 2.31. The van der Waals surface area contributed by atoms with Gasteiger partial charge in [0.25, 0.3) is 5.91 Å². The molecule has 27 heavy (non-hydrogen) atoms. The Bertz CT molecular complexity index is 700. The van der Waals surface area contributed by atoms with Crippen LogP contribution in [-0.4, -0.2) is 30.1 Å². The molecule has 1 saturated carbocycles. The van der Waals surface area contributed by atoms with Gasteiger partial charge in [-0.1, -0.05) is 25.3 Å². The van der Waals surface area contributed by atoms with Crippen molar-refractivity contribution in [2.75, 3.05) is 0 Å². The number of esters is 1. The van der Waals surface area contributed by atoms with E-state index in [1.807, 2.05) is 0 Å². The Morgan fingerprint density at radius 2 is 1.81 bits per heavy atom. The Labute approximate surface area is 154 Å². The predicted octanol–water partition coefficient (Wildman–Crippen LogP) is 3.41. The summed E-state index contributed by atoms with van der Waals surface area (Å²) in [5, 5.41) is 4.75. The SMILES string of the molecule is CC(OC(=O)c1cccc(C(F)(F)F)c1)C(=O)NC(=O)NC1CCCCC1. The predicted molar refractivity (Wildman–Crippen MR) is 89.9 cm³/mol. The molecule has 0 aliphatic heterocycles. The van der Waals surface area contributed by atoms with Crippen molar-refractivity contribution in [3.8, 4) is 0 Å². The second kappa shape index (κ2) is 8.88. The molecular weight excluding hydrogens is 365 g/mol. The van der Waals surface area contributed by atoms with E-state index in [0.29, 0.717) is 6.07 Å². The fraction of sp³-hybridized carbons (Fsp3) is 0.500. The Morgan fingerprint density at radius 1 is 1.15 bits per heavy atom. The molecule has 6 nitrogen and oxygen atoms in total.